The highest BCUT2D eigenvalue weighted by molar-refractivity contribution is 7.89. The largest absolute Gasteiger partial charge is 0.303 e. The number of aryl methyl sites for hydroxylation is 1. The first kappa shape index (κ1) is 14.7. The van der Waals surface area contributed by atoms with Gasteiger partial charge < -0.3 is 4.79 Å². The number of nitriles is 1. The minimum Gasteiger partial charge on any atom is -0.303 e. The smallest absolute Gasteiger partial charge is 0.243 e. The Bertz CT molecular complexity index is 661. The van der Waals surface area contributed by atoms with Crippen LogP contribution in [0.4, 0.5) is 0 Å². The van der Waals surface area contributed by atoms with Gasteiger partial charge in [-0.1, -0.05) is 0 Å². The van der Waals surface area contributed by atoms with E-state index in [1.165, 1.54) is 16.4 Å². The van der Waals surface area contributed by atoms with Crippen LogP contribution in [0.3, 0.4) is 0 Å². The van der Waals surface area contributed by atoms with E-state index in [0.717, 1.165) is 12.7 Å². The van der Waals surface area contributed by atoms with E-state index in [1.54, 1.807) is 13.0 Å². The average molecular weight is 292 g/mol. The second kappa shape index (κ2) is 5.73. The molecule has 0 aliphatic carbocycles. The molecule has 0 amide bonds. The van der Waals surface area contributed by atoms with Crippen LogP contribution in [0.15, 0.2) is 23.1 Å². The van der Waals surface area contributed by atoms with Crippen molar-refractivity contribution in [3.63, 3.8) is 0 Å². The molecule has 0 N–H and O–H groups in total. The molecule has 1 aliphatic rings. The predicted molar refractivity (Wildman–Crippen MR) is 73.4 cm³/mol. The van der Waals surface area contributed by atoms with Crippen LogP contribution in [0, 0.1) is 24.2 Å². The van der Waals surface area contributed by atoms with E-state index in [4.69, 9.17) is 5.26 Å². The summed E-state index contributed by atoms with van der Waals surface area (Å²) in [7, 11) is -3.60. The number of piperidine rings is 1. The van der Waals surface area contributed by atoms with Gasteiger partial charge in [-0.25, -0.2) is 8.42 Å². The van der Waals surface area contributed by atoms with Crippen LogP contribution in [0.1, 0.15) is 24.0 Å². The summed E-state index contributed by atoms with van der Waals surface area (Å²) in [5, 5.41) is 8.82. The van der Waals surface area contributed by atoms with Gasteiger partial charge in [0.05, 0.1) is 16.5 Å². The number of benzene rings is 1. The summed E-state index contributed by atoms with van der Waals surface area (Å²) in [6, 6.07) is 6.52. The molecule has 106 valence electrons. The van der Waals surface area contributed by atoms with E-state index in [2.05, 4.69) is 0 Å². The van der Waals surface area contributed by atoms with E-state index in [9.17, 15) is 13.2 Å². The molecule has 0 saturated carbocycles. The highest BCUT2D eigenvalue weighted by Gasteiger charge is 2.30. The Hall–Kier alpha value is -1.71. The zero-order valence-corrected chi connectivity index (χ0v) is 12.1. The molecule has 1 aromatic rings. The van der Waals surface area contributed by atoms with Crippen molar-refractivity contribution in [2.45, 2.75) is 24.7 Å². The van der Waals surface area contributed by atoms with Crippen molar-refractivity contribution < 1.29 is 13.2 Å². The predicted octanol–water partition coefficient (Wildman–Crippen LogP) is 1.47. The third kappa shape index (κ3) is 2.74. The first-order chi connectivity index (χ1) is 9.48. The Kier molecular flexibility index (Phi) is 4.21. The van der Waals surface area contributed by atoms with Crippen molar-refractivity contribution in [3.8, 4) is 6.07 Å². The quantitative estimate of drug-likeness (QED) is 0.790. The van der Waals surface area contributed by atoms with Crippen molar-refractivity contribution in [2.24, 2.45) is 5.92 Å². The van der Waals surface area contributed by atoms with E-state index >= 15 is 0 Å². The monoisotopic (exact) mass is 292 g/mol. The molecule has 5 nitrogen and oxygen atoms in total. The molecule has 1 aliphatic heterocycles. The maximum atomic E-state index is 12.6. The average Bonchev–Trinajstić information content (AvgIpc) is 2.46. The standard InChI is InChI=1S/C14H16N2O3S/c1-11-7-12(8-15)4-5-14(11)20(18,19)16-6-2-3-13(9-16)10-17/h4-5,7,10,13H,2-3,6,9H2,1H3. The second-order valence-electron chi connectivity index (χ2n) is 4.99. The van der Waals surface area contributed by atoms with Crippen LogP contribution in [0.25, 0.3) is 0 Å². The summed E-state index contributed by atoms with van der Waals surface area (Å²) in [4.78, 5) is 11.1. The summed E-state index contributed by atoms with van der Waals surface area (Å²) in [6.07, 6.45) is 2.26. The molecular formula is C14H16N2O3S. The van der Waals surface area contributed by atoms with Gasteiger partial charge in [-0.05, 0) is 43.5 Å². The lowest BCUT2D eigenvalue weighted by molar-refractivity contribution is -0.112. The number of rotatable bonds is 3. The Morgan fingerprint density at radius 3 is 2.80 bits per heavy atom. The molecule has 1 atom stereocenters. The Morgan fingerprint density at radius 1 is 1.45 bits per heavy atom. The van der Waals surface area contributed by atoms with E-state index in [-0.39, 0.29) is 17.4 Å². The number of hydrogen-bond acceptors (Lipinski definition) is 4. The molecule has 1 heterocycles. The molecule has 1 unspecified atom stereocenters. The molecule has 0 bridgehead atoms. The molecule has 1 fully saturated rings. The zero-order chi connectivity index (χ0) is 14.8. The third-order valence-electron chi connectivity index (χ3n) is 3.53. The number of carbonyl (C=O) groups is 1. The molecule has 0 spiro atoms. The first-order valence-corrected chi connectivity index (χ1v) is 7.89. The number of aldehydes is 1. The van der Waals surface area contributed by atoms with E-state index < -0.39 is 10.0 Å². The normalized spacial score (nSPS) is 20.3. The van der Waals surface area contributed by atoms with Gasteiger partial charge in [0.25, 0.3) is 0 Å². The lowest BCUT2D eigenvalue weighted by Gasteiger charge is -2.29. The lowest BCUT2D eigenvalue weighted by atomic mass is 10.0. The summed E-state index contributed by atoms with van der Waals surface area (Å²) >= 11 is 0. The van der Waals surface area contributed by atoms with E-state index in [1.807, 2.05) is 6.07 Å². The Labute approximate surface area is 118 Å². The molecule has 2 rings (SSSR count). The molecular weight excluding hydrogens is 276 g/mol. The van der Waals surface area contributed by atoms with Crippen molar-refractivity contribution in [3.05, 3.63) is 29.3 Å². The molecule has 1 saturated heterocycles. The van der Waals surface area contributed by atoms with Crippen LogP contribution in [0.5, 0.6) is 0 Å². The molecule has 0 aromatic heterocycles. The number of carbonyl (C=O) groups excluding carboxylic acids is 1. The van der Waals surface area contributed by atoms with Crippen molar-refractivity contribution in [1.29, 1.82) is 5.26 Å². The van der Waals surface area contributed by atoms with Gasteiger partial charge in [-0.2, -0.15) is 9.57 Å². The van der Waals surface area contributed by atoms with Crippen molar-refractivity contribution >= 4 is 16.3 Å². The Balaban J connectivity index is 2.35. The minimum atomic E-state index is -3.60. The molecule has 20 heavy (non-hydrogen) atoms. The molecule has 1 aromatic carbocycles. The molecule has 0 radical (unpaired) electrons. The van der Waals surface area contributed by atoms with Crippen LogP contribution in [-0.4, -0.2) is 32.1 Å². The molecule has 6 heteroatoms. The maximum absolute atomic E-state index is 12.6. The second-order valence-corrected chi connectivity index (χ2v) is 6.90. The van der Waals surface area contributed by atoms with Crippen LogP contribution in [-0.2, 0) is 14.8 Å². The topological polar surface area (TPSA) is 78.2 Å². The number of nitrogens with zero attached hydrogens (tertiary/aromatic N) is 2. The fourth-order valence-corrected chi connectivity index (χ4v) is 4.19. The van der Waals surface area contributed by atoms with Gasteiger partial charge in [-0.3, -0.25) is 0 Å². The number of sulfonamides is 1. The number of hydrogen-bond donors (Lipinski definition) is 0. The SMILES string of the molecule is Cc1cc(C#N)ccc1S(=O)(=O)N1CCCC(C=O)C1. The Morgan fingerprint density at radius 2 is 2.20 bits per heavy atom. The summed E-state index contributed by atoms with van der Waals surface area (Å²) in [6.45, 7) is 2.35. The van der Waals surface area contributed by atoms with E-state index in [0.29, 0.717) is 24.1 Å². The zero-order valence-electron chi connectivity index (χ0n) is 11.2. The lowest BCUT2D eigenvalue weighted by Crippen LogP contribution is -2.40. The fourth-order valence-electron chi connectivity index (χ4n) is 2.45. The van der Waals surface area contributed by atoms with Crippen LogP contribution >= 0.6 is 0 Å². The fraction of sp³-hybridized carbons (Fsp3) is 0.429. The highest BCUT2D eigenvalue weighted by atomic mass is 32.2. The van der Waals surface area contributed by atoms with Gasteiger partial charge in [0.1, 0.15) is 6.29 Å². The van der Waals surface area contributed by atoms with Gasteiger partial charge in [0, 0.05) is 19.0 Å². The summed E-state index contributed by atoms with van der Waals surface area (Å²) in [5.74, 6) is -0.225. The van der Waals surface area contributed by atoms with Gasteiger partial charge >= 0.3 is 0 Å². The maximum Gasteiger partial charge on any atom is 0.243 e. The van der Waals surface area contributed by atoms with Gasteiger partial charge in [0.2, 0.25) is 10.0 Å². The van der Waals surface area contributed by atoms with Crippen molar-refractivity contribution in [1.82, 2.24) is 4.31 Å². The minimum absolute atomic E-state index is 0.211. The summed E-state index contributed by atoms with van der Waals surface area (Å²) in [5.41, 5.74) is 0.989. The van der Waals surface area contributed by atoms with Crippen molar-refractivity contribution in [2.75, 3.05) is 13.1 Å². The van der Waals surface area contributed by atoms with Gasteiger partial charge in [0.15, 0.2) is 0 Å². The van der Waals surface area contributed by atoms with Crippen LogP contribution in [0.2, 0.25) is 0 Å². The summed E-state index contributed by atoms with van der Waals surface area (Å²) < 4.78 is 26.6. The highest BCUT2D eigenvalue weighted by Crippen LogP contribution is 2.25. The van der Waals surface area contributed by atoms with Gasteiger partial charge in [-0.15, -0.1) is 0 Å². The first-order valence-electron chi connectivity index (χ1n) is 6.45. The van der Waals surface area contributed by atoms with Crippen LogP contribution < -0.4 is 0 Å². The third-order valence-corrected chi connectivity index (χ3v) is 5.56.